The van der Waals surface area contributed by atoms with Crippen molar-refractivity contribution in [3.05, 3.63) is 53.1 Å². The number of hydrogen-bond acceptors (Lipinski definition) is 4. The van der Waals surface area contributed by atoms with Crippen LogP contribution in [0.5, 0.6) is 17.2 Å². The molecule has 0 saturated carbocycles. The van der Waals surface area contributed by atoms with Crippen LogP contribution in [-0.2, 0) is 0 Å². The van der Waals surface area contributed by atoms with Gasteiger partial charge in [-0.3, -0.25) is 4.99 Å². The van der Waals surface area contributed by atoms with Gasteiger partial charge >= 0.3 is 0 Å². The first kappa shape index (κ1) is 16.9. The molecule has 4 nitrogen and oxygen atoms in total. The summed E-state index contributed by atoms with van der Waals surface area (Å²) in [6.07, 6.45) is 1.64. The van der Waals surface area contributed by atoms with Crippen LogP contribution >= 0.6 is 0 Å². The van der Waals surface area contributed by atoms with E-state index in [0.717, 1.165) is 11.3 Å². The maximum Gasteiger partial charge on any atom is 0.166 e. The van der Waals surface area contributed by atoms with Crippen LogP contribution in [0.4, 0.5) is 0 Å². The number of phenols is 1. The van der Waals surface area contributed by atoms with E-state index in [1.165, 1.54) is 5.56 Å². The fourth-order valence-corrected chi connectivity index (χ4v) is 2.25. The molecule has 0 spiro atoms. The summed E-state index contributed by atoms with van der Waals surface area (Å²) in [6, 6.07) is 11.5. The molecule has 0 aliphatic rings. The molecule has 122 valence electrons. The first-order valence-electron chi connectivity index (χ1n) is 7.76. The van der Waals surface area contributed by atoms with E-state index in [1.54, 1.807) is 18.3 Å². The third kappa shape index (κ3) is 4.74. The summed E-state index contributed by atoms with van der Waals surface area (Å²) in [4.78, 5) is 4.30. The molecule has 2 rings (SSSR count). The fraction of sp³-hybridized carbons (Fsp3) is 0.316. The zero-order valence-electron chi connectivity index (χ0n) is 13.9. The van der Waals surface area contributed by atoms with E-state index in [4.69, 9.17) is 9.47 Å². The maximum atomic E-state index is 10.1. The van der Waals surface area contributed by atoms with Crippen molar-refractivity contribution in [1.82, 2.24) is 0 Å². The minimum Gasteiger partial charge on any atom is -0.504 e. The van der Waals surface area contributed by atoms with E-state index in [9.17, 15) is 5.11 Å². The number of benzene rings is 2. The van der Waals surface area contributed by atoms with Crippen molar-refractivity contribution < 1.29 is 14.6 Å². The van der Waals surface area contributed by atoms with Gasteiger partial charge in [0.05, 0.1) is 13.2 Å². The first-order chi connectivity index (χ1) is 11.1. The predicted octanol–water partition coefficient (Wildman–Crippen LogP) is 3.91. The summed E-state index contributed by atoms with van der Waals surface area (Å²) in [5.74, 6) is 1.48. The lowest BCUT2D eigenvalue weighted by molar-refractivity contribution is 0.318. The van der Waals surface area contributed by atoms with E-state index < -0.39 is 0 Å². The Morgan fingerprint density at radius 2 is 1.91 bits per heavy atom. The Labute approximate surface area is 137 Å². The van der Waals surface area contributed by atoms with E-state index in [-0.39, 0.29) is 5.75 Å². The molecule has 0 radical (unpaired) electrons. The molecule has 0 saturated heterocycles. The lowest BCUT2D eigenvalue weighted by atomic mass is 10.1. The van der Waals surface area contributed by atoms with Gasteiger partial charge in [0.15, 0.2) is 11.5 Å². The second-order valence-electron chi connectivity index (χ2n) is 5.28. The van der Waals surface area contributed by atoms with Gasteiger partial charge in [-0.2, -0.15) is 0 Å². The van der Waals surface area contributed by atoms with Gasteiger partial charge in [0, 0.05) is 11.8 Å². The van der Waals surface area contributed by atoms with Gasteiger partial charge < -0.3 is 14.6 Å². The summed E-state index contributed by atoms with van der Waals surface area (Å²) in [7, 11) is 0. The molecule has 2 aromatic carbocycles. The molecule has 0 aromatic heterocycles. The van der Waals surface area contributed by atoms with Gasteiger partial charge in [-0.25, -0.2) is 0 Å². The Bertz CT molecular complexity index is 680. The van der Waals surface area contributed by atoms with E-state index >= 15 is 0 Å². The number of hydrogen-bond donors (Lipinski definition) is 1. The Kier molecular flexibility index (Phi) is 6.03. The van der Waals surface area contributed by atoms with Gasteiger partial charge in [-0.1, -0.05) is 23.8 Å². The highest BCUT2D eigenvalue weighted by atomic mass is 16.5. The topological polar surface area (TPSA) is 51.0 Å². The van der Waals surface area contributed by atoms with Gasteiger partial charge in [0.2, 0.25) is 0 Å². The Balaban J connectivity index is 1.89. The van der Waals surface area contributed by atoms with Crippen LogP contribution in [0.25, 0.3) is 0 Å². The number of para-hydroxylation sites is 1. The molecule has 0 bridgehead atoms. The van der Waals surface area contributed by atoms with Crippen molar-refractivity contribution in [1.29, 1.82) is 0 Å². The molecule has 1 N–H and O–H groups in total. The van der Waals surface area contributed by atoms with Crippen LogP contribution < -0.4 is 9.47 Å². The molecule has 0 fully saturated rings. The summed E-state index contributed by atoms with van der Waals surface area (Å²) in [5, 5.41) is 10.1. The third-order valence-corrected chi connectivity index (χ3v) is 3.37. The second-order valence-corrected chi connectivity index (χ2v) is 5.28. The summed E-state index contributed by atoms with van der Waals surface area (Å²) in [5.41, 5.74) is 2.98. The number of rotatable bonds is 7. The highest BCUT2D eigenvalue weighted by molar-refractivity contribution is 5.84. The normalized spacial score (nSPS) is 10.9. The van der Waals surface area contributed by atoms with E-state index in [1.807, 2.05) is 32.0 Å². The maximum absolute atomic E-state index is 10.1. The predicted molar refractivity (Wildman–Crippen MR) is 93.1 cm³/mol. The second kappa shape index (κ2) is 8.22. The number of nitrogens with zero attached hydrogens (tertiary/aromatic N) is 1. The van der Waals surface area contributed by atoms with E-state index in [0.29, 0.717) is 31.1 Å². The van der Waals surface area contributed by atoms with Gasteiger partial charge in [-0.05, 0) is 44.5 Å². The minimum absolute atomic E-state index is 0.119. The van der Waals surface area contributed by atoms with Crippen LogP contribution in [0.15, 0.2) is 41.4 Å². The Hall–Kier alpha value is -2.49. The molecule has 0 heterocycles. The minimum atomic E-state index is 0.119. The Morgan fingerprint density at radius 3 is 2.65 bits per heavy atom. The largest absolute Gasteiger partial charge is 0.504 e. The fourth-order valence-electron chi connectivity index (χ4n) is 2.25. The Morgan fingerprint density at radius 1 is 1.09 bits per heavy atom. The number of aliphatic imine (C=N–C) groups is 1. The molecule has 0 atom stereocenters. The zero-order valence-corrected chi connectivity index (χ0v) is 13.9. The van der Waals surface area contributed by atoms with Gasteiger partial charge in [0.1, 0.15) is 12.4 Å². The molecule has 0 aliphatic heterocycles. The highest BCUT2D eigenvalue weighted by Gasteiger charge is 2.05. The SMILES string of the molecule is CCOc1cccc(C=NCCOc2ccc(C)cc2C)c1O. The summed E-state index contributed by atoms with van der Waals surface area (Å²) < 4.78 is 11.1. The molecule has 23 heavy (non-hydrogen) atoms. The smallest absolute Gasteiger partial charge is 0.166 e. The molecule has 4 heteroatoms. The molecule has 0 unspecified atom stereocenters. The van der Waals surface area contributed by atoms with Crippen molar-refractivity contribution in [3.8, 4) is 17.2 Å². The van der Waals surface area contributed by atoms with Crippen LogP contribution in [0, 0.1) is 13.8 Å². The van der Waals surface area contributed by atoms with Gasteiger partial charge in [-0.15, -0.1) is 0 Å². The molecule has 0 amide bonds. The van der Waals surface area contributed by atoms with Gasteiger partial charge in [0.25, 0.3) is 0 Å². The molecule has 2 aromatic rings. The lowest BCUT2D eigenvalue weighted by Gasteiger charge is -2.08. The average Bonchev–Trinajstić information content (AvgIpc) is 2.52. The van der Waals surface area contributed by atoms with Crippen LogP contribution in [-0.4, -0.2) is 31.1 Å². The first-order valence-corrected chi connectivity index (χ1v) is 7.76. The van der Waals surface area contributed by atoms with Crippen molar-refractivity contribution in [2.75, 3.05) is 19.8 Å². The van der Waals surface area contributed by atoms with Crippen molar-refractivity contribution in [2.45, 2.75) is 20.8 Å². The number of phenolic OH excluding ortho intramolecular Hbond substituents is 1. The lowest BCUT2D eigenvalue weighted by Crippen LogP contribution is -2.02. The highest BCUT2D eigenvalue weighted by Crippen LogP contribution is 2.28. The molecular formula is C19H23NO3. The summed E-state index contributed by atoms with van der Waals surface area (Å²) >= 11 is 0. The molecule has 0 aliphatic carbocycles. The van der Waals surface area contributed by atoms with Crippen molar-refractivity contribution in [3.63, 3.8) is 0 Å². The standard InChI is InChI=1S/C19H23NO3/c1-4-22-18-7-5-6-16(19(18)21)13-20-10-11-23-17-9-8-14(2)12-15(17)3/h5-9,12-13,21H,4,10-11H2,1-3H3. The van der Waals surface area contributed by atoms with Crippen LogP contribution in [0.1, 0.15) is 23.6 Å². The molecular weight excluding hydrogens is 290 g/mol. The van der Waals surface area contributed by atoms with Crippen molar-refractivity contribution >= 4 is 6.21 Å². The average molecular weight is 313 g/mol. The zero-order chi connectivity index (χ0) is 16.7. The third-order valence-electron chi connectivity index (χ3n) is 3.37. The van der Waals surface area contributed by atoms with Crippen molar-refractivity contribution in [2.24, 2.45) is 4.99 Å². The number of aryl methyl sites for hydroxylation is 2. The number of aromatic hydroxyl groups is 1. The van der Waals surface area contributed by atoms with Crippen LogP contribution in [0.2, 0.25) is 0 Å². The monoisotopic (exact) mass is 313 g/mol. The quantitative estimate of drug-likeness (QED) is 0.623. The van der Waals surface area contributed by atoms with E-state index in [2.05, 4.69) is 18.0 Å². The summed E-state index contributed by atoms with van der Waals surface area (Å²) in [6.45, 7) is 7.49. The van der Waals surface area contributed by atoms with Crippen LogP contribution in [0.3, 0.4) is 0 Å². The number of ether oxygens (including phenoxy) is 2.